The number of ether oxygens (including phenoxy) is 1. The van der Waals surface area contributed by atoms with Crippen LogP contribution in [0.3, 0.4) is 0 Å². The van der Waals surface area contributed by atoms with Gasteiger partial charge in [-0.1, -0.05) is 42.3 Å². The van der Waals surface area contributed by atoms with Crippen molar-refractivity contribution in [2.24, 2.45) is 0 Å². The highest BCUT2D eigenvalue weighted by atomic mass is 35.5. The van der Waals surface area contributed by atoms with Gasteiger partial charge in [-0.15, -0.1) is 11.6 Å². The van der Waals surface area contributed by atoms with Gasteiger partial charge in [-0.3, -0.25) is 0 Å². The first-order valence-electron chi connectivity index (χ1n) is 5.17. The van der Waals surface area contributed by atoms with Gasteiger partial charge in [0.1, 0.15) is 5.75 Å². The van der Waals surface area contributed by atoms with Crippen molar-refractivity contribution in [3.63, 3.8) is 0 Å². The summed E-state index contributed by atoms with van der Waals surface area (Å²) in [4.78, 5) is 10.2. The van der Waals surface area contributed by atoms with Gasteiger partial charge in [-0.05, 0) is 30.0 Å². The number of aryl methyl sites for hydroxylation is 2. The van der Waals surface area contributed by atoms with Gasteiger partial charge in [-0.25, -0.2) is 4.79 Å². The third kappa shape index (κ3) is 3.77. The van der Waals surface area contributed by atoms with Crippen LogP contribution in [0, 0.1) is 6.92 Å². The Morgan fingerprint density at radius 1 is 1.41 bits per heavy atom. The standard InChI is InChI=1S/C12H13Cl3O2/c1-3-9-5-8(6-13)4-7(2)10(9)17-12(16)11(14)15/h4-5,11H,3,6H2,1-2H3. The molecule has 0 aromatic heterocycles. The minimum atomic E-state index is -1.17. The molecule has 0 aliphatic carbocycles. The largest absolute Gasteiger partial charge is 0.424 e. The van der Waals surface area contributed by atoms with E-state index in [2.05, 4.69) is 0 Å². The molecule has 0 spiro atoms. The van der Waals surface area contributed by atoms with Crippen molar-refractivity contribution >= 4 is 40.8 Å². The molecule has 0 radical (unpaired) electrons. The van der Waals surface area contributed by atoms with E-state index >= 15 is 0 Å². The predicted molar refractivity (Wildman–Crippen MR) is 71.2 cm³/mol. The van der Waals surface area contributed by atoms with Crippen LogP contribution >= 0.6 is 34.8 Å². The van der Waals surface area contributed by atoms with E-state index in [0.29, 0.717) is 11.6 Å². The zero-order chi connectivity index (χ0) is 13.0. The Bertz CT molecular complexity index is 416. The lowest BCUT2D eigenvalue weighted by atomic mass is 10.0. The van der Waals surface area contributed by atoms with E-state index in [4.69, 9.17) is 39.5 Å². The molecule has 94 valence electrons. The molecule has 0 heterocycles. The van der Waals surface area contributed by atoms with E-state index in [1.807, 2.05) is 26.0 Å². The summed E-state index contributed by atoms with van der Waals surface area (Å²) in [6.45, 7) is 3.83. The number of halogens is 3. The van der Waals surface area contributed by atoms with E-state index in [1.165, 1.54) is 0 Å². The molecule has 1 rings (SSSR count). The summed E-state index contributed by atoms with van der Waals surface area (Å²) < 4.78 is 5.18. The Morgan fingerprint density at radius 2 is 2.06 bits per heavy atom. The minimum absolute atomic E-state index is 0.426. The molecule has 1 aromatic carbocycles. The molecular formula is C12H13Cl3O2. The number of rotatable bonds is 4. The van der Waals surface area contributed by atoms with Crippen molar-refractivity contribution in [2.75, 3.05) is 0 Å². The monoisotopic (exact) mass is 294 g/mol. The summed E-state index contributed by atoms with van der Waals surface area (Å²) in [6.07, 6.45) is 0.740. The van der Waals surface area contributed by atoms with Gasteiger partial charge in [0, 0.05) is 5.88 Å². The van der Waals surface area contributed by atoms with E-state index in [1.54, 1.807) is 0 Å². The molecule has 0 amide bonds. The summed E-state index contributed by atoms with van der Waals surface area (Å²) in [5.41, 5.74) is 2.76. The van der Waals surface area contributed by atoms with E-state index in [0.717, 1.165) is 23.1 Å². The van der Waals surface area contributed by atoms with Gasteiger partial charge >= 0.3 is 5.97 Å². The normalized spacial score (nSPS) is 10.7. The average Bonchev–Trinajstić information content (AvgIpc) is 2.30. The van der Waals surface area contributed by atoms with Crippen molar-refractivity contribution in [3.8, 4) is 5.75 Å². The number of alkyl halides is 3. The lowest BCUT2D eigenvalue weighted by Gasteiger charge is -2.13. The Hall–Kier alpha value is -0.440. The Kier molecular flexibility index (Phi) is 5.57. The smallest absolute Gasteiger partial charge is 0.344 e. The van der Waals surface area contributed by atoms with E-state index < -0.39 is 10.8 Å². The molecule has 0 fully saturated rings. The predicted octanol–water partition coefficient (Wildman–Crippen LogP) is 4.01. The number of benzene rings is 1. The number of esters is 1. The second-order valence-electron chi connectivity index (χ2n) is 3.61. The van der Waals surface area contributed by atoms with Crippen molar-refractivity contribution in [2.45, 2.75) is 31.0 Å². The van der Waals surface area contributed by atoms with Crippen LogP contribution in [-0.2, 0) is 17.1 Å². The Labute approximate surface area is 116 Å². The molecule has 5 heteroatoms. The first-order chi connectivity index (χ1) is 7.99. The van der Waals surface area contributed by atoms with Crippen LogP contribution in [0.2, 0.25) is 0 Å². The van der Waals surface area contributed by atoms with E-state index in [9.17, 15) is 4.79 Å². The summed E-state index contributed by atoms with van der Waals surface area (Å²) in [6, 6.07) is 3.80. The fraction of sp³-hybridized carbons (Fsp3) is 0.417. The van der Waals surface area contributed by atoms with Gasteiger partial charge in [-0.2, -0.15) is 0 Å². The molecule has 0 bridgehead atoms. The Morgan fingerprint density at radius 3 is 2.53 bits per heavy atom. The molecule has 0 atom stereocenters. The van der Waals surface area contributed by atoms with Crippen molar-refractivity contribution in [1.29, 1.82) is 0 Å². The molecule has 0 saturated heterocycles. The molecular weight excluding hydrogens is 282 g/mol. The summed E-state index contributed by atoms with van der Waals surface area (Å²) >= 11 is 16.7. The molecule has 17 heavy (non-hydrogen) atoms. The number of carbonyl (C=O) groups excluding carboxylic acids is 1. The first-order valence-corrected chi connectivity index (χ1v) is 6.58. The maximum Gasteiger partial charge on any atom is 0.344 e. The zero-order valence-electron chi connectivity index (χ0n) is 9.60. The lowest BCUT2D eigenvalue weighted by molar-refractivity contribution is -0.132. The fourth-order valence-electron chi connectivity index (χ4n) is 1.56. The SMILES string of the molecule is CCc1cc(CCl)cc(C)c1OC(=O)C(Cl)Cl. The highest BCUT2D eigenvalue weighted by Gasteiger charge is 2.17. The molecule has 0 N–H and O–H groups in total. The number of hydrogen-bond acceptors (Lipinski definition) is 2. The molecule has 2 nitrogen and oxygen atoms in total. The van der Waals surface area contributed by atoms with Crippen LogP contribution in [0.5, 0.6) is 5.75 Å². The second kappa shape index (κ2) is 6.48. The Balaban J connectivity index is 3.10. The maximum absolute atomic E-state index is 11.4. The highest BCUT2D eigenvalue weighted by molar-refractivity contribution is 6.53. The van der Waals surface area contributed by atoms with Crippen molar-refractivity contribution in [3.05, 3.63) is 28.8 Å². The summed E-state index contributed by atoms with van der Waals surface area (Å²) in [7, 11) is 0. The van der Waals surface area contributed by atoms with Gasteiger partial charge in [0.25, 0.3) is 0 Å². The molecule has 0 aliphatic rings. The lowest BCUT2D eigenvalue weighted by Crippen LogP contribution is -2.17. The third-order valence-corrected chi connectivity index (χ3v) is 2.99. The van der Waals surface area contributed by atoms with Crippen molar-refractivity contribution in [1.82, 2.24) is 0 Å². The van der Waals surface area contributed by atoms with Gasteiger partial charge in [0.15, 0.2) is 0 Å². The molecule has 1 aromatic rings. The van der Waals surface area contributed by atoms with Crippen LogP contribution in [-0.4, -0.2) is 10.8 Å². The average molecular weight is 296 g/mol. The van der Waals surface area contributed by atoms with Gasteiger partial charge in [0.2, 0.25) is 4.84 Å². The van der Waals surface area contributed by atoms with Crippen LogP contribution < -0.4 is 4.74 Å². The number of carbonyl (C=O) groups is 1. The topological polar surface area (TPSA) is 26.3 Å². The van der Waals surface area contributed by atoms with Crippen LogP contribution in [0.1, 0.15) is 23.6 Å². The molecule has 0 unspecified atom stereocenters. The zero-order valence-corrected chi connectivity index (χ0v) is 11.9. The quantitative estimate of drug-likeness (QED) is 0.477. The first kappa shape index (κ1) is 14.6. The second-order valence-corrected chi connectivity index (χ2v) is 4.97. The van der Waals surface area contributed by atoms with E-state index in [-0.39, 0.29) is 0 Å². The minimum Gasteiger partial charge on any atom is -0.424 e. The summed E-state index contributed by atoms with van der Waals surface area (Å²) in [5.74, 6) is 0.290. The number of hydrogen-bond donors (Lipinski definition) is 0. The summed E-state index contributed by atoms with van der Waals surface area (Å²) in [5, 5.41) is 0. The highest BCUT2D eigenvalue weighted by Crippen LogP contribution is 2.27. The van der Waals surface area contributed by atoms with Crippen LogP contribution in [0.4, 0.5) is 0 Å². The fourth-order valence-corrected chi connectivity index (χ4v) is 1.80. The molecule has 0 saturated carbocycles. The maximum atomic E-state index is 11.4. The van der Waals surface area contributed by atoms with Gasteiger partial charge < -0.3 is 4.74 Å². The third-order valence-electron chi connectivity index (χ3n) is 2.33. The molecule has 0 aliphatic heterocycles. The van der Waals surface area contributed by atoms with Crippen LogP contribution in [0.15, 0.2) is 12.1 Å². The van der Waals surface area contributed by atoms with Crippen LogP contribution in [0.25, 0.3) is 0 Å². The van der Waals surface area contributed by atoms with Crippen molar-refractivity contribution < 1.29 is 9.53 Å². The van der Waals surface area contributed by atoms with Gasteiger partial charge in [0.05, 0.1) is 0 Å².